The van der Waals surface area contributed by atoms with Crippen molar-refractivity contribution in [3.05, 3.63) is 18.2 Å². The van der Waals surface area contributed by atoms with Crippen LogP contribution in [0.5, 0.6) is 0 Å². The molecule has 0 aromatic carbocycles. The van der Waals surface area contributed by atoms with Crippen molar-refractivity contribution in [3.63, 3.8) is 0 Å². The molecule has 0 spiro atoms. The number of piperidine rings is 1. The molecular weight excluding hydrogens is 216 g/mol. The molecule has 94 valence electrons. The van der Waals surface area contributed by atoms with E-state index in [9.17, 15) is 4.79 Å². The minimum absolute atomic E-state index is 0.0590. The quantitative estimate of drug-likeness (QED) is 0.821. The van der Waals surface area contributed by atoms with E-state index in [2.05, 4.69) is 29.5 Å². The second-order valence-corrected chi connectivity index (χ2v) is 4.80. The van der Waals surface area contributed by atoms with Crippen LogP contribution in [0.15, 0.2) is 12.5 Å². The number of nitrogens with one attached hydrogen (secondary N) is 2. The Labute approximate surface area is 102 Å². The number of rotatable bonds is 3. The van der Waals surface area contributed by atoms with Gasteiger partial charge in [-0.2, -0.15) is 0 Å². The third-order valence-corrected chi connectivity index (χ3v) is 3.10. The van der Waals surface area contributed by atoms with Crippen molar-refractivity contribution in [1.82, 2.24) is 20.2 Å². The van der Waals surface area contributed by atoms with Gasteiger partial charge in [0.05, 0.1) is 6.33 Å². The zero-order valence-corrected chi connectivity index (χ0v) is 10.4. The Kier molecular flexibility index (Phi) is 3.78. The fourth-order valence-corrected chi connectivity index (χ4v) is 1.96. The Bertz CT molecular complexity index is 380. The third kappa shape index (κ3) is 3.06. The maximum Gasteiger partial charge on any atom is 0.271 e. The second-order valence-electron chi connectivity index (χ2n) is 4.80. The van der Waals surface area contributed by atoms with Crippen molar-refractivity contribution in [2.75, 3.05) is 13.1 Å². The monoisotopic (exact) mass is 236 g/mol. The lowest BCUT2D eigenvalue weighted by Crippen LogP contribution is -2.42. The predicted octanol–water partition coefficient (Wildman–Crippen LogP) is 0.946. The molecule has 0 bridgehead atoms. The minimum atomic E-state index is -0.0590. The Hall–Kier alpha value is -1.36. The summed E-state index contributed by atoms with van der Waals surface area (Å²) in [6, 6.07) is 0.621. The first kappa shape index (κ1) is 12.1. The molecule has 2 N–H and O–H groups in total. The van der Waals surface area contributed by atoms with E-state index in [1.165, 1.54) is 0 Å². The highest BCUT2D eigenvalue weighted by Gasteiger charge is 2.17. The number of imidazole rings is 1. The van der Waals surface area contributed by atoms with Crippen molar-refractivity contribution in [2.24, 2.45) is 0 Å². The molecule has 1 saturated heterocycles. The normalized spacial score (nSPS) is 17.4. The fraction of sp³-hybridized carbons (Fsp3) is 0.667. The van der Waals surface area contributed by atoms with Crippen molar-refractivity contribution < 1.29 is 4.79 Å². The van der Waals surface area contributed by atoms with Crippen molar-refractivity contribution >= 4 is 5.91 Å². The summed E-state index contributed by atoms with van der Waals surface area (Å²) in [6.07, 6.45) is 5.51. The van der Waals surface area contributed by atoms with Gasteiger partial charge < -0.3 is 15.2 Å². The molecule has 1 aromatic rings. The van der Waals surface area contributed by atoms with Crippen molar-refractivity contribution in [3.8, 4) is 0 Å². The molecule has 1 aliphatic rings. The van der Waals surface area contributed by atoms with E-state index < -0.39 is 0 Å². The molecule has 1 aliphatic heterocycles. The summed E-state index contributed by atoms with van der Waals surface area (Å²) in [5.74, 6) is -0.0590. The second kappa shape index (κ2) is 5.31. The third-order valence-electron chi connectivity index (χ3n) is 3.10. The summed E-state index contributed by atoms with van der Waals surface area (Å²) in [6.45, 7) is 6.09. The van der Waals surface area contributed by atoms with Crippen LogP contribution in [0.3, 0.4) is 0 Å². The molecule has 1 amide bonds. The molecule has 2 rings (SSSR count). The van der Waals surface area contributed by atoms with Crippen LogP contribution in [0.4, 0.5) is 0 Å². The highest BCUT2D eigenvalue weighted by molar-refractivity contribution is 5.92. The average molecular weight is 236 g/mol. The number of carbonyl (C=O) groups excluding carboxylic acids is 1. The largest absolute Gasteiger partial charge is 0.348 e. The van der Waals surface area contributed by atoms with Crippen LogP contribution in [-0.4, -0.2) is 34.6 Å². The zero-order valence-electron chi connectivity index (χ0n) is 10.4. The molecule has 1 aromatic heterocycles. The number of hydrogen-bond donors (Lipinski definition) is 2. The molecule has 0 saturated carbocycles. The number of carbonyl (C=O) groups is 1. The zero-order chi connectivity index (χ0) is 12.3. The molecule has 0 radical (unpaired) electrons. The Balaban J connectivity index is 1.94. The van der Waals surface area contributed by atoms with E-state index in [-0.39, 0.29) is 11.9 Å². The lowest BCUT2D eigenvalue weighted by atomic mass is 10.1. The molecule has 17 heavy (non-hydrogen) atoms. The van der Waals surface area contributed by atoms with Gasteiger partial charge in [-0.3, -0.25) is 4.79 Å². The predicted molar refractivity (Wildman–Crippen MR) is 66.0 cm³/mol. The topological polar surface area (TPSA) is 59.0 Å². The number of nitrogens with zero attached hydrogens (tertiary/aromatic N) is 2. The summed E-state index contributed by atoms with van der Waals surface area (Å²) in [5.41, 5.74) is 0.511. The van der Waals surface area contributed by atoms with Crippen LogP contribution >= 0.6 is 0 Å². The summed E-state index contributed by atoms with van der Waals surface area (Å²) in [4.78, 5) is 16.1. The molecular formula is C12H20N4O. The van der Waals surface area contributed by atoms with Gasteiger partial charge in [0.25, 0.3) is 5.91 Å². The fourth-order valence-electron chi connectivity index (χ4n) is 1.96. The molecule has 0 atom stereocenters. The van der Waals surface area contributed by atoms with E-state index in [1.54, 1.807) is 12.5 Å². The van der Waals surface area contributed by atoms with Crippen LogP contribution in [0.2, 0.25) is 0 Å². The molecule has 1 fully saturated rings. The molecule has 2 heterocycles. The molecule has 5 nitrogen and oxygen atoms in total. The first-order chi connectivity index (χ1) is 8.16. The van der Waals surface area contributed by atoms with Gasteiger partial charge in [0.15, 0.2) is 0 Å². The number of hydrogen-bond acceptors (Lipinski definition) is 3. The summed E-state index contributed by atoms with van der Waals surface area (Å²) in [5, 5.41) is 6.31. The SMILES string of the molecule is CC(C)n1cnc(C(=O)NC2CCNCC2)c1. The highest BCUT2D eigenvalue weighted by atomic mass is 16.2. The van der Waals surface area contributed by atoms with E-state index in [0.717, 1.165) is 25.9 Å². The van der Waals surface area contributed by atoms with Gasteiger partial charge in [-0.1, -0.05) is 0 Å². The van der Waals surface area contributed by atoms with E-state index in [1.807, 2.05) is 4.57 Å². The Morgan fingerprint density at radius 1 is 1.53 bits per heavy atom. The van der Waals surface area contributed by atoms with Gasteiger partial charge in [0.1, 0.15) is 5.69 Å². The standard InChI is InChI=1S/C12H20N4O/c1-9(2)16-7-11(14-8-16)12(17)15-10-3-5-13-6-4-10/h7-10,13H,3-6H2,1-2H3,(H,15,17). The van der Waals surface area contributed by atoms with Gasteiger partial charge in [-0.15, -0.1) is 0 Å². The average Bonchev–Trinajstić information content (AvgIpc) is 2.79. The number of aromatic nitrogens is 2. The summed E-state index contributed by atoms with van der Waals surface area (Å²) < 4.78 is 1.94. The summed E-state index contributed by atoms with van der Waals surface area (Å²) >= 11 is 0. The maximum absolute atomic E-state index is 11.9. The summed E-state index contributed by atoms with van der Waals surface area (Å²) in [7, 11) is 0. The smallest absolute Gasteiger partial charge is 0.271 e. The van der Waals surface area contributed by atoms with E-state index in [4.69, 9.17) is 0 Å². The van der Waals surface area contributed by atoms with Crippen LogP contribution in [0.25, 0.3) is 0 Å². The lowest BCUT2D eigenvalue weighted by Gasteiger charge is -2.23. The maximum atomic E-state index is 11.9. The van der Waals surface area contributed by atoms with Crippen molar-refractivity contribution in [2.45, 2.75) is 38.8 Å². The molecule has 0 aliphatic carbocycles. The first-order valence-corrected chi connectivity index (χ1v) is 6.22. The number of amides is 1. The Morgan fingerprint density at radius 3 is 2.82 bits per heavy atom. The van der Waals surface area contributed by atoms with Crippen LogP contribution in [0.1, 0.15) is 43.2 Å². The molecule has 0 unspecified atom stereocenters. The van der Waals surface area contributed by atoms with Crippen molar-refractivity contribution in [1.29, 1.82) is 0 Å². The minimum Gasteiger partial charge on any atom is -0.348 e. The van der Waals surface area contributed by atoms with Gasteiger partial charge in [0.2, 0.25) is 0 Å². The van der Waals surface area contributed by atoms with Gasteiger partial charge >= 0.3 is 0 Å². The highest BCUT2D eigenvalue weighted by Crippen LogP contribution is 2.07. The first-order valence-electron chi connectivity index (χ1n) is 6.22. The van der Waals surface area contributed by atoms with Crippen LogP contribution < -0.4 is 10.6 Å². The van der Waals surface area contributed by atoms with Crippen LogP contribution in [-0.2, 0) is 0 Å². The van der Waals surface area contributed by atoms with E-state index >= 15 is 0 Å². The Morgan fingerprint density at radius 2 is 2.24 bits per heavy atom. The molecule has 5 heteroatoms. The van der Waals surface area contributed by atoms with Gasteiger partial charge in [-0.25, -0.2) is 4.98 Å². The van der Waals surface area contributed by atoms with E-state index in [0.29, 0.717) is 11.7 Å². The lowest BCUT2D eigenvalue weighted by molar-refractivity contribution is 0.0925. The van der Waals surface area contributed by atoms with Gasteiger partial charge in [-0.05, 0) is 39.8 Å². The van der Waals surface area contributed by atoms with Crippen LogP contribution in [0, 0.1) is 0 Å². The van der Waals surface area contributed by atoms with Gasteiger partial charge in [0, 0.05) is 18.3 Å².